The van der Waals surface area contributed by atoms with Gasteiger partial charge in [-0.1, -0.05) is 25.2 Å². The third kappa shape index (κ3) is 5.25. The van der Waals surface area contributed by atoms with Gasteiger partial charge in [0.05, 0.1) is 11.0 Å². The van der Waals surface area contributed by atoms with Crippen molar-refractivity contribution in [1.29, 1.82) is 0 Å². The van der Waals surface area contributed by atoms with Gasteiger partial charge in [-0.3, -0.25) is 10.1 Å². The van der Waals surface area contributed by atoms with Crippen molar-refractivity contribution in [3.05, 3.63) is 27.1 Å². The summed E-state index contributed by atoms with van der Waals surface area (Å²) in [6.07, 6.45) is 0.405. The lowest BCUT2D eigenvalue weighted by Crippen LogP contribution is -2.27. The van der Waals surface area contributed by atoms with Gasteiger partial charge in [0.25, 0.3) is 0 Å². The minimum Gasteiger partial charge on any atom is -0.392 e. The van der Waals surface area contributed by atoms with Crippen molar-refractivity contribution in [2.45, 2.75) is 32.9 Å². The molecular formula is C11H18N2O3S. The van der Waals surface area contributed by atoms with Gasteiger partial charge in [-0.2, -0.15) is 0 Å². The Bertz CT molecular complexity index is 365. The number of nitrogens with one attached hydrogen (secondary N) is 1. The Morgan fingerprint density at radius 3 is 2.76 bits per heavy atom. The van der Waals surface area contributed by atoms with Crippen molar-refractivity contribution < 1.29 is 10.0 Å². The number of aliphatic hydroxyl groups excluding tert-OH is 1. The van der Waals surface area contributed by atoms with Crippen molar-refractivity contribution in [2.75, 3.05) is 6.54 Å². The Balaban J connectivity index is 2.28. The summed E-state index contributed by atoms with van der Waals surface area (Å²) < 4.78 is 0. The molecule has 96 valence electrons. The zero-order valence-corrected chi connectivity index (χ0v) is 10.9. The van der Waals surface area contributed by atoms with E-state index in [9.17, 15) is 15.2 Å². The molecule has 0 saturated heterocycles. The van der Waals surface area contributed by atoms with E-state index in [4.69, 9.17) is 0 Å². The molecule has 6 heteroatoms. The second-order valence-corrected chi connectivity index (χ2v) is 5.56. The van der Waals surface area contributed by atoms with Gasteiger partial charge >= 0.3 is 5.00 Å². The third-order valence-electron chi connectivity index (χ3n) is 2.25. The molecule has 1 heterocycles. The number of nitro groups is 1. The first-order valence-electron chi connectivity index (χ1n) is 5.61. The molecule has 5 nitrogen and oxygen atoms in total. The molecule has 0 aliphatic heterocycles. The van der Waals surface area contributed by atoms with Crippen LogP contribution in [0.1, 0.15) is 25.1 Å². The number of aliphatic hydroxyl groups is 1. The molecular weight excluding hydrogens is 240 g/mol. The van der Waals surface area contributed by atoms with Crippen LogP contribution in [0, 0.1) is 16.0 Å². The van der Waals surface area contributed by atoms with Crippen LogP contribution in [0.25, 0.3) is 0 Å². The predicted molar refractivity (Wildman–Crippen MR) is 68.1 cm³/mol. The Morgan fingerprint density at radius 2 is 2.24 bits per heavy atom. The largest absolute Gasteiger partial charge is 0.392 e. The summed E-state index contributed by atoms with van der Waals surface area (Å²) in [4.78, 5) is 11.0. The van der Waals surface area contributed by atoms with Crippen molar-refractivity contribution in [3.8, 4) is 0 Å². The highest BCUT2D eigenvalue weighted by molar-refractivity contribution is 7.15. The van der Waals surface area contributed by atoms with Crippen LogP contribution in [0.2, 0.25) is 0 Å². The number of nitrogens with zero attached hydrogens (tertiary/aromatic N) is 1. The van der Waals surface area contributed by atoms with Crippen molar-refractivity contribution >= 4 is 16.3 Å². The van der Waals surface area contributed by atoms with Crippen molar-refractivity contribution in [3.63, 3.8) is 0 Å². The highest BCUT2D eigenvalue weighted by atomic mass is 32.1. The summed E-state index contributed by atoms with van der Waals surface area (Å²) in [7, 11) is 0. The van der Waals surface area contributed by atoms with Crippen LogP contribution < -0.4 is 5.32 Å². The van der Waals surface area contributed by atoms with Crippen LogP contribution in [-0.4, -0.2) is 22.7 Å². The van der Waals surface area contributed by atoms with Crippen LogP contribution in [0.15, 0.2) is 12.1 Å². The highest BCUT2D eigenvalue weighted by Crippen LogP contribution is 2.23. The average molecular weight is 258 g/mol. The van der Waals surface area contributed by atoms with Crippen LogP contribution >= 0.6 is 11.3 Å². The summed E-state index contributed by atoms with van der Waals surface area (Å²) in [5, 5.41) is 23.4. The van der Waals surface area contributed by atoms with E-state index in [1.165, 1.54) is 6.07 Å². The van der Waals surface area contributed by atoms with Crippen LogP contribution in [0.5, 0.6) is 0 Å². The topological polar surface area (TPSA) is 75.4 Å². The van der Waals surface area contributed by atoms with Gasteiger partial charge < -0.3 is 10.4 Å². The minimum atomic E-state index is -0.387. The lowest BCUT2D eigenvalue weighted by atomic mass is 10.1. The quantitative estimate of drug-likeness (QED) is 0.580. The summed E-state index contributed by atoms with van der Waals surface area (Å²) in [6, 6.07) is 3.25. The van der Waals surface area contributed by atoms with Crippen LogP contribution in [0.4, 0.5) is 5.00 Å². The van der Waals surface area contributed by atoms with Crippen LogP contribution in [-0.2, 0) is 6.54 Å². The molecule has 1 atom stereocenters. The normalized spacial score (nSPS) is 12.9. The fourth-order valence-electron chi connectivity index (χ4n) is 1.55. The van der Waals surface area contributed by atoms with Crippen molar-refractivity contribution in [2.24, 2.45) is 5.92 Å². The number of thiophene rings is 1. The van der Waals surface area contributed by atoms with Gasteiger partial charge in [-0.05, 0) is 18.4 Å². The fraction of sp³-hybridized carbons (Fsp3) is 0.636. The summed E-state index contributed by atoms with van der Waals surface area (Å²) in [5.74, 6) is 0.467. The zero-order chi connectivity index (χ0) is 12.8. The minimum absolute atomic E-state index is 0.157. The molecule has 0 aliphatic carbocycles. The van der Waals surface area contributed by atoms with E-state index >= 15 is 0 Å². The molecule has 0 saturated carbocycles. The van der Waals surface area contributed by atoms with Gasteiger partial charge in [0.2, 0.25) is 0 Å². The standard InChI is InChI=1S/C11H18N2O3S/c1-8(2)5-9(14)6-12-7-10-3-4-11(17-10)13(15)16/h3-4,8-9,12,14H,5-7H2,1-2H3. The van der Waals surface area contributed by atoms with E-state index in [0.717, 1.165) is 22.6 Å². The fourth-order valence-corrected chi connectivity index (χ4v) is 2.34. The SMILES string of the molecule is CC(C)CC(O)CNCc1ccc([N+](=O)[O-])s1. The summed E-state index contributed by atoms with van der Waals surface area (Å²) in [5.41, 5.74) is 0. The van der Waals surface area contributed by atoms with E-state index in [0.29, 0.717) is 19.0 Å². The van der Waals surface area contributed by atoms with Gasteiger partial charge in [-0.15, -0.1) is 0 Å². The molecule has 0 fully saturated rings. The molecule has 1 rings (SSSR count). The maximum Gasteiger partial charge on any atom is 0.324 e. The van der Waals surface area contributed by atoms with Gasteiger partial charge in [0.15, 0.2) is 0 Å². The predicted octanol–water partition coefficient (Wildman–Crippen LogP) is 2.15. The highest BCUT2D eigenvalue weighted by Gasteiger charge is 2.10. The zero-order valence-electron chi connectivity index (χ0n) is 10.0. The molecule has 17 heavy (non-hydrogen) atoms. The van der Waals surface area contributed by atoms with Gasteiger partial charge in [0, 0.05) is 24.0 Å². The number of rotatable bonds is 7. The van der Waals surface area contributed by atoms with Gasteiger partial charge in [0.1, 0.15) is 0 Å². The first-order chi connectivity index (χ1) is 7.99. The Morgan fingerprint density at radius 1 is 1.53 bits per heavy atom. The van der Waals surface area contributed by atoms with E-state index in [1.807, 2.05) is 0 Å². The smallest absolute Gasteiger partial charge is 0.324 e. The molecule has 1 unspecified atom stereocenters. The molecule has 0 bridgehead atoms. The van der Waals surface area contributed by atoms with Gasteiger partial charge in [-0.25, -0.2) is 0 Å². The lowest BCUT2D eigenvalue weighted by molar-refractivity contribution is -0.380. The van der Waals surface area contributed by atoms with E-state index in [1.54, 1.807) is 6.07 Å². The second kappa shape index (κ2) is 6.68. The van der Waals surface area contributed by atoms with E-state index in [-0.39, 0.29) is 16.0 Å². The Kier molecular flexibility index (Phi) is 5.54. The Hall–Kier alpha value is -0.980. The molecule has 2 N–H and O–H groups in total. The van der Waals surface area contributed by atoms with E-state index in [2.05, 4.69) is 19.2 Å². The first-order valence-corrected chi connectivity index (χ1v) is 6.42. The molecule has 0 aromatic carbocycles. The van der Waals surface area contributed by atoms with Crippen molar-refractivity contribution in [1.82, 2.24) is 5.32 Å². The molecule has 0 radical (unpaired) electrons. The molecule has 0 spiro atoms. The monoisotopic (exact) mass is 258 g/mol. The maximum absolute atomic E-state index is 10.5. The second-order valence-electron chi connectivity index (χ2n) is 4.41. The average Bonchev–Trinajstić information content (AvgIpc) is 2.65. The van der Waals surface area contributed by atoms with Crippen LogP contribution in [0.3, 0.4) is 0 Å². The molecule has 0 amide bonds. The molecule has 1 aromatic rings. The Labute approximate surface area is 105 Å². The summed E-state index contributed by atoms with van der Waals surface area (Å²) in [6.45, 7) is 5.20. The molecule has 0 aliphatic rings. The molecule has 1 aromatic heterocycles. The third-order valence-corrected chi connectivity index (χ3v) is 3.29. The number of hydrogen-bond donors (Lipinski definition) is 2. The lowest BCUT2D eigenvalue weighted by Gasteiger charge is -2.13. The van der Waals surface area contributed by atoms with E-state index < -0.39 is 0 Å². The maximum atomic E-state index is 10.5. The first kappa shape index (κ1) is 14.1. The number of hydrogen-bond acceptors (Lipinski definition) is 5. The summed E-state index contributed by atoms with van der Waals surface area (Å²) >= 11 is 1.16.